The molecule has 22 heavy (non-hydrogen) atoms. The number of aromatic nitrogens is 2. The van der Waals surface area contributed by atoms with Crippen LogP contribution in [0, 0.1) is 6.92 Å². The molecule has 1 aromatic heterocycles. The number of para-hydroxylation sites is 1. The quantitative estimate of drug-likeness (QED) is 0.921. The van der Waals surface area contributed by atoms with Crippen LogP contribution in [-0.4, -0.2) is 46.8 Å². The van der Waals surface area contributed by atoms with Gasteiger partial charge in [-0.05, 0) is 38.1 Å². The number of hydrogen-bond acceptors (Lipinski definition) is 3. The second-order valence-corrected chi connectivity index (χ2v) is 5.31. The van der Waals surface area contributed by atoms with Gasteiger partial charge in [-0.2, -0.15) is 5.10 Å². The Morgan fingerprint density at radius 1 is 1.18 bits per heavy atom. The minimum atomic E-state index is 0. The molecule has 0 saturated carbocycles. The van der Waals surface area contributed by atoms with Gasteiger partial charge in [0, 0.05) is 25.3 Å². The Hall–Kier alpha value is -1.85. The van der Waals surface area contributed by atoms with E-state index in [1.807, 2.05) is 52.9 Å². The number of amides is 1. The number of rotatable bonds is 2. The molecule has 5 nitrogen and oxygen atoms in total. The lowest BCUT2D eigenvalue weighted by Crippen LogP contribution is -2.34. The molecule has 118 valence electrons. The molecule has 0 unspecified atom stereocenters. The molecule has 0 aliphatic carbocycles. The van der Waals surface area contributed by atoms with Crippen molar-refractivity contribution < 1.29 is 4.79 Å². The van der Waals surface area contributed by atoms with Gasteiger partial charge < -0.3 is 10.2 Å². The number of carbonyl (C=O) groups excluding carboxylic acids is 1. The summed E-state index contributed by atoms with van der Waals surface area (Å²) >= 11 is 0. The summed E-state index contributed by atoms with van der Waals surface area (Å²) in [5.74, 6) is 0.0245. The maximum absolute atomic E-state index is 12.6. The van der Waals surface area contributed by atoms with Crippen molar-refractivity contribution in [3.63, 3.8) is 0 Å². The lowest BCUT2D eigenvalue weighted by atomic mass is 10.3. The highest BCUT2D eigenvalue weighted by Gasteiger charge is 2.20. The first-order chi connectivity index (χ1) is 10.3. The van der Waals surface area contributed by atoms with Gasteiger partial charge >= 0.3 is 0 Å². The van der Waals surface area contributed by atoms with E-state index in [4.69, 9.17) is 0 Å². The number of hydrogen-bond donors (Lipinski definition) is 1. The van der Waals surface area contributed by atoms with E-state index < -0.39 is 0 Å². The highest BCUT2D eigenvalue weighted by atomic mass is 35.5. The van der Waals surface area contributed by atoms with Crippen molar-refractivity contribution in [1.29, 1.82) is 0 Å². The molecular formula is C16H21ClN4O. The van der Waals surface area contributed by atoms with Crippen LogP contribution in [0.4, 0.5) is 0 Å². The third kappa shape index (κ3) is 3.48. The van der Waals surface area contributed by atoms with Crippen LogP contribution in [0.1, 0.15) is 22.6 Å². The molecule has 1 aliphatic rings. The average Bonchev–Trinajstić information content (AvgIpc) is 2.74. The fourth-order valence-electron chi connectivity index (χ4n) is 2.62. The van der Waals surface area contributed by atoms with Crippen LogP contribution in [-0.2, 0) is 0 Å². The normalized spacial score (nSPS) is 15.0. The first-order valence-corrected chi connectivity index (χ1v) is 7.38. The lowest BCUT2D eigenvalue weighted by Gasteiger charge is -2.18. The lowest BCUT2D eigenvalue weighted by molar-refractivity contribution is 0.0760. The van der Waals surface area contributed by atoms with Gasteiger partial charge in [0.15, 0.2) is 5.69 Å². The molecule has 0 spiro atoms. The topological polar surface area (TPSA) is 50.2 Å². The molecule has 2 heterocycles. The van der Waals surface area contributed by atoms with E-state index in [1.54, 1.807) is 0 Å². The maximum atomic E-state index is 12.6. The molecule has 2 aromatic rings. The summed E-state index contributed by atoms with van der Waals surface area (Å²) in [7, 11) is 0. The Morgan fingerprint density at radius 3 is 2.73 bits per heavy atom. The van der Waals surface area contributed by atoms with Crippen molar-refractivity contribution >= 4 is 18.3 Å². The highest BCUT2D eigenvalue weighted by molar-refractivity contribution is 5.92. The van der Waals surface area contributed by atoms with Crippen LogP contribution in [0.5, 0.6) is 0 Å². The number of aryl methyl sites for hydroxylation is 1. The van der Waals surface area contributed by atoms with Crippen molar-refractivity contribution in [1.82, 2.24) is 20.0 Å². The maximum Gasteiger partial charge on any atom is 0.274 e. The zero-order valence-electron chi connectivity index (χ0n) is 12.7. The number of halogens is 1. The second kappa shape index (κ2) is 7.42. The summed E-state index contributed by atoms with van der Waals surface area (Å²) in [4.78, 5) is 14.5. The number of nitrogens with one attached hydrogen (secondary N) is 1. The second-order valence-electron chi connectivity index (χ2n) is 5.31. The van der Waals surface area contributed by atoms with Crippen molar-refractivity contribution in [3.8, 4) is 5.69 Å². The van der Waals surface area contributed by atoms with E-state index >= 15 is 0 Å². The average molecular weight is 321 g/mol. The molecule has 0 radical (unpaired) electrons. The predicted octanol–water partition coefficient (Wildman–Crippen LogP) is 2.04. The summed E-state index contributed by atoms with van der Waals surface area (Å²) in [5.41, 5.74) is 2.47. The minimum absolute atomic E-state index is 0. The van der Waals surface area contributed by atoms with Gasteiger partial charge in [0.05, 0.1) is 5.69 Å². The van der Waals surface area contributed by atoms with E-state index in [2.05, 4.69) is 10.4 Å². The Morgan fingerprint density at radius 2 is 1.95 bits per heavy atom. The Bertz CT molecular complexity index is 618. The van der Waals surface area contributed by atoms with Crippen molar-refractivity contribution in [2.75, 3.05) is 26.2 Å². The Kier molecular flexibility index (Phi) is 5.57. The van der Waals surface area contributed by atoms with E-state index in [1.165, 1.54) is 0 Å². The molecule has 0 atom stereocenters. The smallest absolute Gasteiger partial charge is 0.274 e. The van der Waals surface area contributed by atoms with Crippen LogP contribution in [0.3, 0.4) is 0 Å². The van der Waals surface area contributed by atoms with E-state index in [0.29, 0.717) is 5.69 Å². The van der Waals surface area contributed by atoms with E-state index in [9.17, 15) is 4.79 Å². The van der Waals surface area contributed by atoms with E-state index in [-0.39, 0.29) is 18.3 Å². The predicted molar refractivity (Wildman–Crippen MR) is 88.9 cm³/mol. The standard InChI is InChI=1S/C16H20N4O.ClH/c1-13-12-15(16(21)19-10-5-8-17-9-11-19)18-20(13)14-6-3-2-4-7-14;/h2-4,6-7,12,17H,5,8-11H2,1H3;1H. The first-order valence-electron chi connectivity index (χ1n) is 7.38. The number of nitrogens with zero attached hydrogens (tertiary/aromatic N) is 3. The van der Waals surface area contributed by atoms with Gasteiger partial charge in [0.25, 0.3) is 5.91 Å². The molecule has 6 heteroatoms. The third-order valence-electron chi connectivity index (χ3n) is 3.73. The molecule has 1 amide bonds. The van der Waals surface area contributed by atoms with Gasteiger partial charge in [0.1, 0.15) is 0 Å². The Balaban J connectivity index is 0.00000176. The fourth-order valence-corrected chi connectivity index (χ4v) is 2.62. The van der Waals surface area contributed by atoms with Gasteiger partial charge in [0.2, 0.25) is 0 Å². The largest absolute Gasteiger partial charge is 0.336 e. The molecule has 3 rings (SSSR count). The summed E-state index contributed by atoms with van der Waals surface area (Å²) < 4.78 is 1.82. The van der Waals surface area contributed by atoms with Gasteiger partial charge in [-0.15, -0.1) is 12.4 Å². The molecular weight excluding hydrogens is 300 g/mol. The van der Waals surface area contributed by atoms with Gasteiger partial charge in [-0.1, -0.05) is 18.2 Å². The van der Waals surface area contributed by atoms with E-state index in [0.717, 1.165) is 44.0 Å². The van der Waals surface area contributed by atoms with Crippen LogP contribution in [0.25, 0.3) is 5.69 Å². The van der Waals surface area contributed by atoms with Crippen LogP contribution < -0.4 is 5.32 Å². The van der Waals surface area contributed by atoms with Crippen molar-refractivity contribution in [2.45, 2.75) is 13.3 Å². The minimum Gasteiger partial charge on any atom is -0.336 e. The SMILES string of the molecule is Cc1cc(C(=O)N2CCCNCC2)nn1-c1ccccc1.Cl. The highest BCUT2D eigenvalue weighted by Crippen LogP contribution is 2.13. The summed E-state index contributed by atoms with van der Waals surface area (Å²) in [6.07, 6.45) is 0.990. The summed E-state index contributed by atoms with van der Waals surface area (Å²) in [6.45, 7) is 5.34. The number of benzene rings is 1. The van der Waals surface area contributed by atoms with Crippen LogP contribution >= 0.6 is 12.4 Å². The summed E-state index contributed by atoms with van der Waals surface area (Å²) in [5, 5.41) is 7.80. The van der Waals surface area contributed by atoms with Gasteiger partial charge in [-0.25, -0.2) is 4.68 Å². The molecule has 0 bridgehead atoms. The third-order valence-corrected chi connectivity index (χ3v) is 3.73. The molecule has 1 N–H and O–H groups in total. The van der Waals surface area contributed by atoms with Crippen LogP contribution in [0.2, 0.25) is 0 Å². The van der Waals surface area contributed by atoms with Crippen molar-refractivity contribution in [3.05, 3.63) is 47.8 Å². The molecule has 1 saturated heterocycles. The molecule has 1 fully saturated rings. The van der Waals surface area contributed by atoms with Gasteiger partial charge in [-0.3, -0.25) is 4.79 Å². The van der Waals surface area contributed by atoms with Crippen molar-refractivity contribution in [2.24, 2.45) is 0 Å². The molecule has 1 aromatic carbocycles. The fraction of sp³-hybridized carbons (Fsp3) is 0.375. The monoisotopic (exact) mass is 320 g/mol. The zero-order chi connectivity index (χ0) is 14.7. The van der Waals surface area contributed by atoms with Crippen LogP contribution in [0.15, 0.2) is 36.4 Å². The molecule has 1 aliphatic heterocycles. The Labute approximate surface area is 136 Å². The number of carbonyl (C=O) groups is 1. The summed E-state index contributed by atoms with van der Waals surface area (Å²) in [6, 6.07) is 11.8. The zero-order valence-corrected chi connectivity index (χ0v) is 13.5. The first kappa shape index (κ1) is 16.5.